The van der Waals surface area contributed by atoms with Crippen LogP contribution in [-0.2, 0) is 47.4 Å². The molecule has 0 spiro atoms. The topological polar surface area (TPSA) is 436 Å². The van der Waals surface area contributed by atoms with Gasteiger partial charge in [0.15, 0.2) is 31.5 Å². The van der Waals surface area contributed by atoms with E-state index in [1.807, 2.05) is 20.8 Å². The monoisotopic (exact) mass is 1240 g/mol. The van der Waals surface area contributed by atoms with Gasteiger partial charge in [-0.2, -0.15) is 0 Å². The number of rotatable bonds is 18. The summed E-state index contributed by atoms with van der Waals surface area (Å²) in [6.45, 7) is 14.1. The molecule has 4 saturated carbocycles. The summed E-state index contributed by atoms with van der Waals surface area (Å²) in [4.78, 5) is 0. The molecular weight excluding hydrogens is 1140 g/mol. The van der Waals surface area contributed by atoms with Crippen molar-refractivity contribution in [3.8, 4) is 0 Å². The van der Waals surface area contributed by atoms with Crippen LogP contribution in [0.15, 0.2) is 11.6 Å². The highest BCUT2D eigenvalue weighted by Gasteiger charge is 2.72. The van der Waals surface area contributed by atoms with Crippen molar-refractivity contribution in [2.75, 3.05) is 33.0 Å². The maximum atomic E-state index is 12.9. The molecule has 5 aliphatic heterocycles. The van der Waals surface area contributed by atoms with E-state index in [9.17, 15) is 86.8 Å². The molecule has 0 radical (unpaired) electrons. The Morgan fingerprint density at radius 3 is 1.63 bits per heavy atom. The first kappa shape index (κ1) is 69.0. The summed E-state index contributed by atoms with van der Waals surface area (Å²) >= 11 is 0. The van der Waals surface area contributed by atoms with Crippen LogP contribution in [0, 0.1) is 45.3 Å². The quantitative estimate of drug-likeness (QED) is 0.0463. The second-order valence-corrected chi connectivity index (χ2v) is 28.1. The molecule has 0 amide bonds. The molecular formula is C59H100O27. The van der Waals surface area contributed by atoms with Crippen molar-refractivity contribution in [3.63, 3.8) is 0 Å². The average molecular weight is 1240 g/mol. The summed E-state index contributed by atoms with van der Waals surface area (Å²) in [6, 6.07) is 0. The lowest BCUT2D eigenvalue weighted by Crippen LogP contribution is -2.68. The van der Waals surface area contributed by atoms with E-state index in [1.165, 1.54) is 0 Å². The van der Waals surface area contributed by atoms with Gasteiger partial charge in [0.2, 0.25) is 0 Å². The van der Waals surface area contributed by atoms with E-state index >= 15 is 0 Å². The van der Waals surface area contributed by atoms with Gasteiger partial charge < -0.3 is 134 Å². The van der Waals surface area contributed by atoms with Gasteiger partial charge in [0.05, 0.1) is 50.8 Å². The number of ether oxygens (including phenoxy) is 10. The lowest BCUT2D eigenvalue weighted by molar-refractivity contribution is -0.378. The Kier molecular flexibility index (Phi) is 21.3. The zero-order valence-corrected chi connectivity index (χ0v) is 50.5. The summed E-state index contributed by atoms with van der Waals surface area (Å²) in [7, 11) is 0. The van der Waals surface area contributed by atoms with Gasteiger partial charge in [-0.15, -0.1) is 0 Å². The van der Waals surface area contributed by atoms with Crippen molar-refractivity contribution in [2.45, 2.75) is 278 Å². The van der Waals surface area contributed by atoms with Gasteiger partial charge in [0.1, 0.15) is 116 Å². The maximum Gasteiger partial charge on any atom is 0.187 e. The highest BCUT2D eigenvalue weighted by Crippen LogP contribution is 2.76. The lowest BCUT2D eigenvalue weighted by atomic mass is 9.35. The van der Waals surface area contributed by atoms with Crippen LogP contribution in [0.1, 0.15) is 113 Å². The van der Waals surface area contributed by atoms with Crippen LogP contribution in [0.4, 0.5) is 0 Å². The van der Waals surface area contributed by atoms with Gasteiger partial charge >= 0.3 is 0 Å². The average Bonchev–Trinajstić information content (AvgIpc) is 1.22. The van der Waals surface area contributed by atoms with Crippen molar-refractivity contribution in [3.05, 3.63) is 11.6 Å². The predicted octanol–water partition coefficient (Wildman–Crippen LogP) is -3.74. The molecule has 34 unspecified atom stereocenters. The first-order valence-electron chi connectivity index (χ1n) is 30.8. The highest BCUT2D eigenvalue weighted by molar-refractivity contribution is 5.21. The van der Waals surface area contributed by atoms with Crippen LogP contribution in [0.2, 0.25) is 0 Å². The van der Waals surface area contributed by atoms with E-state index in [2.05, 4.69) is 40.7 Å². The molecule has 0 aromatic heterocycles. The van der Waals surface area contributed by atoms with Gasteiger partial charge in [-0.3, -0.25) is 0 Å². The van der Waals surface area contributed by atoms with Gasteiger partial charge in [-0.05, 0) is 124 Å². The summed E-state index contributed by atoms with van der Waals surface area (Å²) in [6.07, 6.45) is -32.7. The molecule has 86 heavy (non-hydrogen) atoms. The molecule has 9 rings (SSSR count). The van der Waals surface area contributed by atoms with Crippen LogP contribution in [-0.4, -0.2) is 285 Å². The summed E-state index contributed by atoms with van der Waals surface area (Å²) in [5, 5.41) is 185. The minimum absolute atomic E-state index is 0.00770. The molecule has 34 atom stereocenters. The molecule has 0 aromatic carbocycles. The Bertz CT molecular complexity index is 2260. The Morgan fingerprint density at radius 2 is 1.02 bits per heavy atom. The number of fused-ring (bicyclic) bond motifs is 5. The number of aliphatic hydroxyl groups is 17. The van der Waals surface area contributed by atoms with E-state index in [4.69, 9.17) is 47.4 Å². The second kappa shape index (κ2) is 26.6. The molecule has 9 fully saturated rings. The van der Waals surface area contributed by atoms with E-state index in [0.29, 0.717) is 38.5 Å². The summed E-state index contributed by atoms with van der Waals surface area (Å²) < 4.78 is 60.3. The summed E-state index contributed by atoms with van der Waals surface area (Å²) in [5.74, 6) is -0.613. The standard InChI is InChI=1S/C59H100O27/c1-24(2)10-9-14-59(8,86-53-48(76)43(71)40(68)31(83-53)23-79-51-46(74)42(70)39(67)30(82-51)22-78-50-45(73)36(64)27(63)21-77-50)25-11-16-58(7)35(25)26(62)18-33-56(5)15-13-34(55(3,4)32(56)12-17-57(33,58)6)84-54-49(44(72)38(66)29(20-61)81-54)85-52-47(75)41(69)37(65)28(19-60)80-52/h10,25-54,60-76H,9,11-23H2,1-8H3. The largest absolute Gasteiger partial charge is 0.394 e. The van der Waals surface area contributed by atoms with Crippen LogP contribution < -0.4 is 0 Å². The fourth-order valence-corrected chi connectivity index (χ4v) is 17.4. The SMILES string of the molecule is CC(C)=CCCC(C)(OC1OC(COC2OC(COC3OCC(O)C(O)C3O)C(O)C(O)C2O)C(O)C(O)C1O)C1CCC2(C)C1C(O)CC1C3(C)CCC(OC4OC(CO)C(O)C(O)C4OC4OC(CO)C(O)C(O)C4O)C(C)(C)C3CCC12C. The highest BCUT2D eigenvalue weighted by atomic mass is 16.8. The zero-order chi connectivity index (χ0) is 63.1. The number of hydrogen-bond donors (Lipinski definition) is 17. The van der Waals surface area contributed by atoms with Gasteiger partial charge in [0.25, 0.3) is 0 Å². The molecule has 5 heterocycles. The van der Waals surface area contributed by atoms with Crippen molar-refractivity contribution in [1.29, 1.82) is 0 Å². The third-order valence-corrected chi connectivity index (χ3v) is 22.6. The molecule has 5 saturated heterocycles. The van der Waals surface area contributed by atoms with Crippen LogP contribution >= 0.6 is 0 Å². The van der Waals surface area contributed by atoms with Gasteiger partial charge in [0, 0.05) is 0 Å². The second-order valence-electron chi connectivity index (χ2n) is 28.1. The molecule has 0 bridgehead atoms. The van der Waals surface area contributed by atoms with Crippen molar-refractivity contribution >= 4 is 0 Å². The third kappa shape index (κ3) is 12.4. The van der Waals surface area contributed by atoms with Crippen molar-refractivity contribution in [2.24, 2.45) is 45.3 Å². The van der Waals surface area contributed by atoms with E-state index < -0.39 is 202 Å². The predicted molar refractivity (Wildman–Crippen MR) is 293 cm³/mol. The van der Waals surface area contributed by atoms with Gasteiger partial charge in [-0.25, -0.2) is 0 Å². The fourth-order valence-electron chi connectivity index (χ4n) is 17.4. The zero-order valence-electron chi connectivity index (χ0n) is 50.5. The minimum atomic E-state index is -1.84. The molecule has 4 aliphatic carbocycles. The molecule has 0 aromatic rings. The molecule has 27 nitrogen and oxygen atoms in total. The first-order chi connectivity index (χ1) is 40.3. The lowest BCUT2D eigenvalue weighted by Gasteiger charge is -2.71. The number of aliphatic hydroxyl groups excluding tert-OH is 17. The van der Waals surface area contributed by atoms with E-state index in [1.54, 1.807) is 0 Å². The van der Waals surface area contributed by atoms with E-state index in [0.717, 1.165) is 24.8 Å². The van der Waals surface area contributed by atoms with E-state index in [-0.39, 0.29) is 41.1 Å². The minimum Gasteiger partial charge on any atom is -0.394 e. The molecule has 498 valence electrons. The summed E-state index contributed by atoms with van der Waals surface area (Å²) in [5.41, 5.74) is -1.79. The Balaban J connectivity index is 0.902. The fraction of sp³-hybridized carbons (Fsp3) is 0.966. The Morgan fingerprint density at radius 1 is 0.512 bits per heavy atom. The normalized spacial score (nSPS) is 52.9. The Hall–Kier alpha value is -1.34. The number of hydrogen-bond acceptors (Lipinski definition) is 27. The third-order valence-electron chi connectivity index (χ3n) is 22.6. The molecule has 9 aliphatic rings. The first-order valence-corrected chi connectivity index (χ1v) is 30.8. The van der Waals surface area contributed by atoms with Crippen LogP contribution in [0.5, 0.6) is 0 Å². The Labute approximate surface area is 501 Å². The van der Waals surface area contributed by atoms with Crippen LogP contribution in [0.25, 0.3) is 0 Å². The van der Waals surface area contributed by atoms with Crippen molar-refractivity contribution in [1.82, 2.24) is 0 Å². The maximum absolute atomic E-state index is 12.9. The van der Waals surface area contributed by atoms with Crippen LogP contribution in [0.3, 0.4) is 0 Å². The molecule has 27 heteroatoms. The van der Waals surface area contributed by atoms with Crippen molar-refractivity contribution < 1.29 is 134 Å². The smallest absolute Gasteiger partial charge is 0.187 e. The number of allylic oxidation sites excluding steroid dienone is 2. The molecule has 17 N–H and O–H groups in total. The van der Waals surface area contributed by atoms with Gasteiger partial charge in [-0.1, -0.05) is 46.3 Å².